The molecule has 0 saturated heterocycles. The largest absolute Gasteiger partial charge is 0.466 e. The summed E-state index contributed by atoms with van der Waals surface area (Å²) in [7, 11) is 0. The molecule has 0 fully saturated rings. The van der Waals surface area contributed by atoms with Crippen LogP contribution in [-0.2, 0) is 14.3 Å². The van der Waals surface area contributed by atoms with Crippen molar-refractivity contribution in [2.75, 3.05) is 13.2 Å². The Kier molecular flexibility index (Phi) is 67.4. The molecule has 470 valence electrons. The second-order valence-electron chi connectivity index (χ2n) is 24.6. The summed E-state index contributed by atoms with van der Waals surface area (Å²) in [6.07, 6.45) is 90.4. The molecule has 2 unspecified atom stereocenters. The SMILES string of the molecule is CCCCCCCC/C=C\CCCCCCCCCCCC(=O)OCCCCCCCCCCC/C=C\C/C=C\CCCCCCCCCC(=O)NC(CO)C(O)/C=C/CCCCCCCCCCCCCCCCCCCCC. The molecule has 1 amide bonds. The molecule has 0 aliphatic carbocycles. The van der Waals surface area contributed by atoms with Crippen molar-refractivity contribution in [3.05, 3.63) is 48.6 Å². The molecule has 0 spiro atoms. The van der Waals surface area contributed by atoms with E-state index in [2.05, 4.69) is 55.6 Å². The highest BCUT2D eigenvalue weighted by Gasteiger charge is 2.18. The summed E-state index contributed by atoms with van der Waals surface area (Å²) in [5, 5.41) is 23.2. The van der Waals surface area contributed by atoms with Gasteiger partial charge in [0.05, 0.1) is 25.4 Å². The van der Waals surface area contributed by atoms with E-state index in [0.29, 0.717) is 19.4 Å². The molecule has 6 nitrogen and oxygen atoms in total. The molecule has 0 rings (SSSR count). The summed E-state index contributed by atoms with van der Waals surface area (Å²) in [5.41, 5.74) is 0. The molecule has 0 heterocycles. The maximum absolute atomic E-state index is 12.5. The van der Waals surface area contributed by atoms with E-state index < -0.39 is 12.1 Å². The second-order valence-corrected chi connectivity index (χ2v) is 24.6. The minimum Gasteiger partial charge on any atom is -0.466 e. The van der Waals surface area contributed by atoms with E-state index in [4.69, 9.17) is 4.74 Å². The number of carbonyl (C=O) groups excluding carboxylic acids is 2. The minimum absolute atomic E-state index is 0.00646. The van der Waals surface area contributed by atoms with E-state index in [9.17, 15) is 19.8 Å². The van der Waals surface area contributed by atoms with Crippen molar-refractivity contribution in [1.29, 1.82) is 0 Å². The van der Waals surface area contributed by atoms with Crippen LogP contribution in [0.5, 0.6) is 0 Å². The fraction of sp³-hybridized carbons (Fsp3) is 0.865. The number of aliphatic hydroxyl groups excluding tert-OH is 2. The third-order valence-corrected chi connectivity index (χ3v) is 16.6. The number of ether oxygens (including phenoxy) is 1. The van der Waals surface area contributed by atoms with E-state index in [-0.39, 0.29) is 18.5 Å². The van der Waals surface area contributed by atoms with Gasteiger partial charge in [0.25, 0.3) is 0 Å². The Morgan fingerprint density at radius 1 is 0.350 bits per heavy atom. The van der Waals surface area contributed by atoms with Crippen LogP contribution in [0, 0.1) is 0 Å². The lowest BCUT2D eigenvalue weighted by atomic mass is 10.0. The Labute approximate surface area is 499 Å². The van der Waals surface area contributed by atoms with Crippen LogP contribution in [-0.4, -0.2) is 47.4 Å². The van der Waals surface area contributed by atoms with Gasteiger partial charge in [-0.3, -0.25) is 9.59 Å². The van der Waals surface area contributed by atoms with Crippen LogP contribution < -0.4 is 5.32 Å². The van der Waals surface area contributed by atoms with Crippen LogP contribution in [0.15, 0.2) is 48.6 Å². The lowest BCUT2D eigenvalue weighted by Crippen LogP contribution is -2.45. The number of carbonyl (C=O) groups is 2. The number of nitrogens with one attached hydrogen (secondary N) is 1. The Hall–Kier alpha value is -2.18. The van der Waals surface area contributed by atoms with Crippen molar-refractivity contribution in [1.82, 2.24) is 5.32 Å². The highest BCUT2D eigenvalue weighted by atomic mass is 16.5. The average molecular weight is 1120 g/mol. The third-order valence-electron chi connectivity index (χ3n) is 16.6. The Morgan fingerprint density at radius 2 is 0.625 bits per heavy atom. The van der Waals surface area contributed by atoms with Gasteiger partial charge in [0.2, 0.25) is 5.91 Å². The molecule has 0 aromatic carbocycles. The lowest BCUT2D eigenvalue weighted by Gasteiger charge is -2.20. The monoisotopic (exact) mass is 1120 g/mol. The number of unbranched alkanes of at least 4 members (excludes halogenated alkanes) is 50. The highest BCUT2D eigenvalue weighted by Crippen LogP contribution is 2.18. The first-order valence-corrected chi connectivity index (χ1v) is 35.9. The number of aliphatic hydroxyl groups is 2. The molecule has 0 radical (unpaired) electrons. The first kappa shape index (κ1) is 77.8. The minimum atomic E-state index is -0.853. The molecular weight excluding hydrogens is 983 g/mol. The number of hydrogen-bond donors (Lipinski definition) is 3. The van der Waals surface area contributed by atoms with Crippen molar-refractivity contribution in [3.8, 4) is 0 Å². The molecular formula is C74H139NO5. The summed E-state index contributed by atoms with van der Waals surface area (Å²) in [6, 6.07) is -0.638. The van der Waals surface area contributed by atoms with Crippen LogP contribution in [0.4, 0.5) is 0 Å². The number of rotatable bonds is 67. The smallest absolute Gasteiger partial charge is 0.305 e. The Balaban J connectivity index is 3.46. The van der Waals surface area contributed by atoms with Gasteiger partial charge in [0.15, 0.2) is 0 Å². The van der Waals surface area contributed by atoms with Crippen molar-refractivity contribution < 1.29 is 24.5 Å². The molecule has 0 bridgehead atoms. The zero-order valence-electron chi connectivity index (χ0n) is 53.8. The second kappa shape index (κ2) is 69.3. The van der Waals surface area contributed by atoms with Crippen LogP contribution in [0.25, 0.3) is 0 Å². The van der Waals surface area contributed by atoms with E-state index in [1.54, 1.807) is 6.08 Å². The summed E-state index contributed by atoms with van der Waals surface area (Å²) < 4.78 is 5.50. The summed E-state index contributed by atoms with van der Waals surface area (Å²) >= 11 is 0. The van der Waals surface area contributed by atoms with E-state index >= 15 is 0 Å². The van der Waals surface area contributed by atoms with Crippen molar-refractivity contribution in [2.24, 2.45) is 0 Å². The molecule has 80 heavy (non-hydrogen) atoms. The fourth-order valence-corrected chi connectivity index (χ4v) is 11.1. The molecule has 6 heteroatoms. The number of esters is 1. The molecule has 2 atom stereocenters. The van der Waals surface area contributed by atoms with Gasteiger partial charge in [-0.25, -0.2) is 0 Å². The summed E-state index contributed by atoms with van der Waals surface area (Å²) in [4.78, 5) is 24.6. The van der Waals surface area contributed by atoms with Crippen LogP contribution in [0.1, 0.15) is 386 Å². The van der Waals surface area contributed by atoms with Gasteiger partial charge >= 0.3 is 5.97 Å². The predicted molar refractivity (Wildman–Crippen MR) is 352 cm³/mol. The zero-order valence-corrected chi connectivity index (χ0v) is 53.8. The standard InChI is InChI=1S/C74H139NO5/c1-3-5-7-9-11-13-15-17-19-21-23-27-31-34-38-42-46-50-54-58-62-66-72(77)71(70-76)75-73(78)67-63-59-55-51-47-43-39-35-32-28-25-24-26-29-33-37-41-45-49-53-57-61-65-69-80-74(79)68-64-60-56-52-48-44-40-36-30-22-20-18-16-14-12-10-8-6-4-2/h18,20,24,26,28,32,62,66,71-72,76-77H,3-17,19,21-23,25,27,29-31,33-61,63-65,67-70H2,1-2H3,(H,75,78)/b20-18-,26-24-,32-28-,66-62+. The Morgan fingerprint density at radius 3 is 0.963 bits per heavy atom. The quantitative estimate of drug-likeness (QED) is 0.0320. The fourth-order valence-electron chi connectivity index (χ4n) is 11.1. The first-order valence-electron chi connectivity index (χ1n) is 35.9. The predicted octanol–water partition coefficient (Wildman–Crippen LogP) is 23.3. The highest BCUT2D eigenvalue weighted by molar-refractivity contribution is 5.76. The normalized spacial score (nSPS) is 12.8. The van der Waals surface area contributed by atoms with E-state index in [1.807, 2.05) is 6.08 Å². The molecule has 0 aromatic heterocycles. The maximum Gasteiger partial charge on any atom is 0.305 e. The summed E-state index contributed by atoms with van der Waals surface area (Å²) in [6.45, 7) is 4.92. The van der Waals surface area contributed by atoms with Gasteiger partial charge in [-0.15, -0.1) is 0 Å². The van der Waals surface area contributed by atoms with Gasteiger partial charge < -0.3 is 20.3 Å². The molecule has 0 aliphatic rings. The lowest BCUT2D eigenvalue weighted by molar-refractivity contribution is -0.143. The molecule has 3 N–H and O–H groups in total. The number of allylic oxidation sites excluding steroid dienone is 7. The van der Waals surface area contributed by atoms with Crippen molar-refractivity contribution in [2.45, 2.75) is 398 Å². The third kappa shape index (κ3) is 65.0. The van der Waals surface area contributed by atoms with Crippen molar-refractivity contribution >= 4 is 11.9 Å². The summed E-state index contributed by atoms with van der Waals surface area (Å²) in [5.74, 6) is -0.0690. The van der Waals surface area contributed by atoms with Crippen LogP contribution in [0.2, 0.25) is 0 Å². The van der Waals surface area contributed by atoms with E-state index in [1.165, 1.54) is 295 Å². The van der Waals surface area contributed by atoms with Gasteiger partial charge in [-0.2, -0.15) is 0 Å². The average Bonchev–Trinajstić information content (AvgIpc) is 3.46. The van der Waals surface area contributed by atoms with Gasteiger partial charge in [-0.1, -0.05) is 332 Å². The van der Waals surface area contributed by atoms with Gasteiger partial charge in [-0.05, 0) is 89.9 Å². The molecule has 0 saturated carbocycles. The number of amides is 1. The molecule has 0 aromatic rings. The van der Waals surface area contributed by atoms with Gasteiger partial charge in [0, 0.05) is 12.8 Å². The van der Waals surface area contributed by atoms with E-state index in [0.717, 1.165) is 64.2 Å². The van der Waals surface area contributed by atoms with Crippen LogP contribution in [0.3, 0.4) is 0 Å². The zero-order chi connectivity index (χ0) is 57.8. The maximum atomic E-state index is 12.5. The first-order chi connectivity index (χ1) is 39.5. The molecule has 0 aliphatic heterocycles. The van der Waals surface area contributed by atoms with Crippen molar-refractivity contribution in [3.63, 3.8) is 0 Å². The number of hydrogen-bond acceptors (Lipinski definition) is 5. The topological polar surface area (TPSA) is 95.9 Å². The van der Waals surface area contributed by atoms with Crippen LogP contribution >= 0.6 is 0 Å². The van der Waals surface area contributed by atoms with Gasteiger partial charge in [0.1, 0.15) is 0 Å². The Bertz CT molecular complexity index is 1340.